The van der Waals surface area contributed by atoms with E-state index in [0.29, 0.717) is 29.2 Å². The Morgan fingerprint density at radius 3 is 2.42 bits per heavy atom. The summed E-state index contributed by atoms with van der Waals surface area (Å²) < 4.78 is 20.6. The van der Waals surface area contributed by atoms with Crippen molar-refractivity contribution < 1.29 is 9.13 Å². The van der Waals surface area contributed by atoms with Crippen LogP contribution in [0.5, 0.6) is 5.75 Å². The summed E-state index contributed by atoms with van der Waals surface area (Å²) >= 11 is 0. The molecule has 5 aromatic rings. The Bertz CT molecular complexity index is 1640. The number of aromatic amines is 1. The Hall–Kier alpha value is -4.41. The molecule has 10 heteroatoms. The molecule has 2 aromatic heterocycles. The molecule has 3 aromatic carbocycles. The number of H-pyrrole nitrogens is 1. The number of methoxy groups -OCH3 is 1. The maximum atomic E-state index is 13.6. The molecule has 1 fully saturated rings. The van der Waals surface area contributed by atoms with Crippen molar-refractivity contribution in [1.82, 2.24) is 35.0 Å². The van der Waals surface area contributed by atoms with Gasteiger partial charge in [-0.1, -0.05) is 42.5 Å². The smallest absolute Gasteiger partial charge is 0.253 e. The molecular formula is C30H30FN7O2. The predicted octanol–water partition coefficient (Wildman–Crippen LogP) is 3.62. The minimum Gasteiger partial charge on any atom is -0.497 e. The molecule has 0 spiro atoms. The van der Waals surface area contributed by atoms with E-state index in [1.54, 1.807) is 23.9 Å². The number of fused-ring (bicyclic) bond motifs is 1. The highest BCUT2D eigenvalue weighted by Gasteiger charge is 2.32. The standard InChI is InChI=1S/C30H30FN7O2/c1-40-25-12-9-23-17-26(30(39)32-27(23)18-25)28(29-33-34-35-38(29)20-22-7-10-24(31)11-8-22)37-15-13-36(14-16-37)19-21-5-3-2-4-6-21/h2-12,17-18,28H,13-16,19-20H2,1H3,(H,32,39). The summed E-state index contributed by atoms with van der Waals surface area (Å²) in [4.78, 5) is 21.3. The minimum absolute atomic E-state index is 0.200. The van der Waals surface area contributed by atoms with E-state index in [0.717, 1.165) is 43.7 Å². The van der Waals surface area contributed by atoms with E-state index in [9.17, 15) is 9.18 Å². The van der Waals surface area contributed by atoms with Crippen molar-refractivity contribution in [2.45, 2.75) is 19.1 Å². The zero-order chi connectivity index (χ0) is 27.5. The molecule has 0 amide bonds. The molecule has 1 aliphatic rings. The van der Waals surface area contributed by atoms with Gasteiger partial charge in [0, 0.05) is 44.4 Å². The van der Waals surface area contributed by atoms with Crippen LogP contribution >= 0.6 is 0 Å². The maximum absolute atomic E-state index is 13.6. The lowest BCUT2D eigenvalue weighted by Crippen LogP contribution is -2.48. The Kier molecular flexibility index (Phi) is 7.35. The number of halogens is 1. The number of aromatic nitrogens is 5. The summed E-state index contributed by atoms with van der Waals surface area (Å²) in [5.74, 6) is 0.940. The highest BCUT2D eigenvalue weighted by molar-refractivity contribution is 5.80. The molecule has 0 aliphatic carbocycles. The van der Waals surface area contributed by atoms with Gasteiger partial charge in [0.05, 0.1) is 19.2 Å². The topological polar surface area (TPSA) is 92.2 Å². The summed E-state index contributed by atoms with van der Waals surface area (Å²) in [5.41, 5.74) is 3.21. The zero-order valence-electron chi connectivity index (χ0n) is 22.2. The second kappa shape index (κ2) is 11.4. The first-order valence-corrected chi connectivity index (χ1v) is 13.3. The fourth-order valence-electron chi connectivity index (χ4n) is 5.33. The van der Waals surface area contributed by atoms with E-state index in [-0.39, 0.29) is 11.4 Å². The summed E-state index contributed by atoms with van der Waals surface area (Å²) in [7, 11) is 1.60. The fraction of sp³-hybridized carbons (Fsp3) is 0.267. The number of piperazine rings is 1. The molecule has 1 N–H and O–H groups in total. The number of rotatable bonds is 8. The lowest BCUT2D eigenvalue weighted by Gasteiger charge is -2.38. The van der Waals surface area contributed by atoms with Crippen LogP contribution in [0.25, 0.3) is 10.9 Å². The normalized spacial score (nSPS) is 15.3. The molecule has 204 valence electrons. The predicted molar refractivity (Wildman–Crippen MR) is 150 cm³/mol. The number of hydrogen-bond acceptors (Lipinski definition) is 7. The average molecular weight is 540 g/mol. The number of nitrogens with one attached hydrogen (secondary N) is 1. The highest BCUT2D eigenvalue weighted by Crippen LogP contribution is 2.29. The van der Waals surface area contributed by atoms with E-state index in [2.05, 4.69) is 54.6 Å². The van der Waals surface area contributed by atoms with Gasteiger partial charge in [0.2, 0.25) is 0 Å². The monoisotopic (exact) mass is 539 g/mol. The SMILES string of the molecule is COc1ccc2cc(C(c3nnnn3Cc3ccc(F)cc3)N3CCN(Cc4ccccc4)CC3)c(=O)[nH]c2c1. The van der Waals surface area contributed by atoms with Crippen LogP contribution in [0.3, 0.4) is 0 Å². The van der Waals surface area contributed by atoms with Crippen molar-refractivity contribution in [2.75, 3.05) is 33.3 Å². The van der Waals surface area contributed by atoms with Crippen LogP contribution < -0.4 is 10.3 Å². The number of hydrogen-bond donors (Lipinski definition) is 1. The van der Waals surface area contributed by atoms with Crippen LogP contribution in [0.4, 0.5) is 4.39 Å². The first kappa shape index (κ1) is 25.8. The first-order chi connectivity index (χ1) is 19.6. The van der Waals surface area contributed by atoms with Crippen molar-refractivity contribution in [1.29, 1.82) is 0 Å². The zero-order valence-corrected chi connectivity index (χ0v) is 22.2. The lowest BCUT2D eigenvalue weighted by molar-refractivity contribution is 0.0998. The van der Waals surface area contributed by atoms with Gasteiger partial charge in [-0.05, 0) is 57.3 Å². The Morgan fingerprint density at radius 1 is 0.925 bits per heavy atom. The van der Waals surface area contributed by atoms with E-state index in [1.807, 2.05) is 30.3 Å². The second-order valence-corrected chi connectivity index (χ2v) is 10.0. The van der Waals surface area contributed by atoms with E-state index < -0.39 is 6.04 Å². The van der Waals surface area contributed by atoms with Gasteiger partial charge >= 0.3 is 0 Å². The van der Waals surface area contributed by atoms with Crippen LogP contribution in [0, 0.1) is 5.82 Å². The highest BCUT2D eigenvalue weighted by atomic mass is 19.1. The number of benzene rings is 3. The van der Waals surface area contributed by atoms with Crippen molar-refractivity contribution >= 4 is 10.9 Å². The van der Waals surface area contributed by atoms with Crippen molar-refractivity contribution in [3.05, 3.63) is 118 Å². The molecule has 1 aliphatic heterocycles. The third kappa shape index (κ3) is 5.49. The molecule has 1 atom stereocenters. The van der Waals surface area contributed by atoms with Crippen molar-refractivity contribution in [2.24, 2.45) is 0 Å². The third-order valence-electron chi connectivity index (χ3n) is 7.45. The summed E-state index contributed by atoms with van der Waals surface area (Å²) in [6.07, 6.45) is 0. The largest absolute Gasteiger partial charge is 0.497 e. The number of pyridine rings is 1. The van der Waals surface area contributed by atoms with Crippen molar-refractivity contribution in [3.63, 3.8) is 0 Å². The quantitative estimate of drug-likeness (QED) is 0.322. The third-order valence-corrected chi connectivity index (χ3v) is 7.45. The van der Waals surface area contributed by atoms with Gasteiger partial charge < -0.3 is 9.72 Å². The molecule has 3 heterocycles. The van der Waals surface area contributed by atoms with E-state index in [1.165, 1.54) is 17.7 Å². The van der Waals surface area contributed by atoms with Crippen LogP contribution in [-0.4, -0.2) is 68.3 Å². The minimum atomic E-state index is -0.468. The molecule has 0 bridgehead atoms. The summed E-state index contributed by atoms with van der Waals surface area (Å²) in [6.45, 7) is 4.39. The molecular weight excluding hydrogens is 509 g/mol. The summed E-state index contributed by atoms with van der Waals surface area (Å²) in [6, 6.07) is 23.8. The summed E-state index contributed by atoms with van der Waals surface area (Å²) in [5, 5.41) is 13.5. The number of ether oxygens (including phenoxy) is 1. The molecule has 1 saturated heterocycles. The molecule has 40 heavy (non-hydrogen) atoms. The molecule has 9 nitrogen and oxygen atoms in total. The van der Waals surface area contributed by atoms with Gasteiger partial charge in [-0.15, -0.1) is 5.10 Å². The van der Waals surface area contributed by atoms with Crippen LogP contribution in [0.15, 0.2) is 83.7 Å². The molecule has 6 rings (SSSR count). The maximum Gasteiger partial charge on any atom is 0.253 e. The Labute approximate surface area is 230 Å². The van der Waals surface area contributed by atoms with Gasteiger partial charge in [-0.3, -0.25) is 14.6 Å². The average Bonchev–Trinajstić information content (AvgIpc) is 3.43. The number of tetrazole rings is 1. The van der Waals surface area contributed by atoms with Gasteiger partial charge in [0.25, 0.3) is 5.56 Å². The fourth-order valence-corrected chi connectivity index (χ4v) is 5.33. The van der Waals surface area contributed by atoms with Gasteiger partial charge in [0.15, 0.2) is 5.82 Å². The van der Waals surface area contributed by atoms with Crippen molar-refractivity contribution in [3.8, 4) is 5.75 Å². The van der Waals surface area contributed by atoms with Gasteiger partial charge in [0.1, 0.15) is 17.6 Å². The molecule has 1 unspecified atom stereocenters. The second-order valence-electron chi connectivity index (χ2n) is 10.0. The molecule has 0 radical (unpaired) electrons. The van der Waals surface area contributed by atoms with Crippen LogP contribution in [0.2, 0.25) is 0 Å². The van der Waals surface area contributed by atoms with E-state index in [4.69, 9.17) is 4.74 Å². The van der Waals surface area contributed by atoms with Gasteiger partial charge in [-0.2, -0.15) is 0 Å². The Balaban J connectivity index is 1.35. The van der Waals surface area contributed by atoms with Gasteiger partial charge in [-0.25, -0.2) is 9.07 Å². The van der Waals surface area contributed by atoms with Crippen LogP contribution in [0.1, 0.15) is 28.6 Å². The Morgan fingerprint density at radius 2 is 1.68 bits per heavy atom. The van der Waals surface area contributed by atoms with Crippen LogP contribution in [-0.2, 0) is 13.1 Å². The number of nitrogens with zero attached hydrogens (tertiary/aromatic N) is 6. The first-order valence-electron chi connectivity index (χ1n) is 13.3. The molecule has 0 saturated carbocycles. The lowest BCUT2D eigenvalue weighted by atomic mass is 10.0. The van der Waals surface area contributed by atoms with E-state index >= 15 is 0 Å².